The number of ether oxygens (including phenoxy) is 3. The summed E-state index contributed by atoms with van der Waals surface area (Å²) < 4.78 is 61.4. The van der Waals surface area contributed by atoms with Crippen molar-refractivity contribution in [1.82, 2.24) is 0 Å². The first-order valence-corrected chi connectivity index (χ1v) is 51.1. The van der Waals surface area contributed by atoms with E-state index in [9.17, 15) is 43.5 Å². The van der Waals surface area contributed by atoms with E-state index >= 15 is 0 Å². The molecule has 5 unspecified atom stereocenters. The molecule has 0 spiro atoms. The van der Waals surface area contributed by atoms with Gasteiger partial charge in [-0.15, -0.1) is 0 Å². The zero-order valence-corrected chi connectivity index (χ0v) is 78.2. The summed E-state index contributed by atoms with van der Waals surface area (Å²) in [4.78, 5) is 59.0. The summed E-state index contributed by atoms with van der Waals surface area (Å²) in [7, 11) is -9.83. The quantitative estimate of drug-likeness (QED) is 0.0146. The van der Waals surface area contributed by atoms with Crippen LogP contribution in [0.25, 0.3) is 0 Å². The summed E-state index contributed by atoms with van der Waals surface area (Å²) in [6.07, 6.45) is 124. The topological polar surface area (TPSA) is 231 Å². The lowest BCUT2D eigenvalue weighted by Crippen LogP contribution is -2.30. The SMILES string of the molecule is CC/C=C\C/C=C\C/C=C\C/C=C\C/C=C\CCCCCCCCCCCCCCCCCCCCCC(=O)OCC(O)COP(=O)(O)OCC(O)COP(=O)(O)OCC(COC(=O)CCCCCCCCCCCCCCCCCCC/C=C\C/C=C\C/C=C\C/C=C\C/C=C\CC)OC(=O)CCC/C=C\C/C=C\C/C=C\C/C=C\C/C=C\CC. The highest BCUT2D eigenvalue weighted by molar-refractivity contribution is 7.47. The van der Waals surface area contributed by atoms with Gasteiger partial charge in [0.2, 0.25) is 0 Å². The van der Waals surface area contributed by atoms with Crippen LogP contribution in [0.4, 0.5) is 0 Å². The van der Waals surface area contributed by atoms with Gasteiger partial charge in [0, 0.05) is 19.3 Å². The summed E-state index contributed by atoms with van der Waals surface area (Å²) in [5, 5.41) is 20.7. The maximum absolute atomic E-state index is 13.0. The number of unbranched alkanes of at least 4 members (excludes halogenated alkanes) is 37. The highest BCUT2D eigenvalue weighted by Crippen LogP contribution is 2.45. The fourth-order valence-electron chi connectivity index (χ4n) is 13.0. The number of phosphoric ester groups is 2. The Morgan fingerprint density at radius 1 is 0.231 bits per heavy atom. The van der Waals surface area contributed by atoms with Crippen LogP contribution in [-0.2, 0) is 55.8 Å². The maximum Gasteiger partial charge on any atom is 0.472 e. The molecular formula is C103H174O16P2. The third kappa shape index (κ3) is 95.2. The molecule has 0 aromatic carbocycles. The van der Waals surface area contributed by atoms with Crippen LogP contribution < -0.4 is 0 Å². The molecule has 0 heterocycles. The van der Waals surface area contributed by atoms with Gasteiger partial charge in [0.25, 0.3) is 0 Å². The molecule has 18 heteroatoms. The van der Waals surface area contributed by atoms with E-state index in [0.29, 0.717) is 25.7 Å². The van der Waals surface area contributed by atoms with Crippen LogP contribution in [0.2, 0.25) is 0 Å². The molecule has 0 aromatic heterocycles. The average Bonchev–Trinajstić information content (AvgIpc) is 0.896. The van der Waals surface area contributed by atoms with Gasteiger partial charge in [-0.3, -0.25) is 32.5 Å². The Labute approximate surface area is 738 Å². The molecule has 692 valence electrons. The van der Waals surface area contributed by atoms with E-state index in [4.69, 9.17) is 32.3 Å². The molecule has 0 rings (SSSR count). The summed E-state index contributed by atoms with van der Waals surface area (Å²) in [5.41, 5.74) is 0. The van der Waals surface area contributed by atoms with Crippen molar-refractivity contribution < 1.29 is 75.8 Å². The third-order valence-electron chi connectivity index (χ3n) is 20.1. The van der Waals surface area contributed by atoms with Gasteiger partial charge in [-0.05, 0) is 148 Å². The highest BCUT2D eigenvalue weighted by atomic mass is 31.2. The number of aliphatic hydroxyl groups excluding tert-OH is 2. The van der Waals surface area contributed by atoms with Gasteiger partial charge in [-0.1, -0.05) is 409 Å². The van der Waals surface area contributed by atoms with Crippen molar-refractivity contribution in [3.05, 3.63) is 182 Å². The predicted octanol–water partition coefficient (Wildman–Crippen LogP) is 30.0. The smallest absolute Gasteiger partial charge is 0.463 e. The molecule has 5 atom stereocenters. The van der Waals surface area contributed by atoms with Gasteiger partial charge < -0.3 is 34.2 Å². The lowest BCUT2D eigenvalue weighted by molar-refractivity contribution is -0.161. The lowest BCUT2D eigenvalue weighted by atomic mass is 10.0. The minimum Gasteiger partial charge on any atom is -0.463 e. The van der Waals surface area contributed by atoms with E-state index in [1.54, 1.807) is 0 Å². The number of aliphatic hydroxyl groups is 2. The number of rotatable bonds is 90. The van der Waals surface area contributed by atoms with Gasteiger partial charge >= 0.3 is 33.6 Å². The molecule has 0 saturated heterocycles. The van der Waals surface area contributed by atoms with Gasteiger partial charge in [0.1, 0.15) is 25.4 Å². The molecule has 0 radical (unpaired) electrons. The maximum atomic E-state index is 13.0. The minimum absolute atomic E-state index is 0.0234. The Hall–Kier alpha value is -5.35. The fourth-order valence-corrected chi connectivity index (χ4v) is 14.5. The van der Waals surface area contributed by atoms with Crippen LogP contribution in [0.15, 0.2) is 182 Å². The van der Waals surface area contributed by atoms with Crippen molar-refractivity contribution in [2.75, 3.05) is 39.6 Å². The summed E-state index contributed by atoms with van der Waals surface area (Å²) in [6.45, 7) is 2.32. The normalized spacial score (nSPS) is 14.5. The van der Waals surface area contributed by atoms with E-state index in [1.165, 1.54) is 186 Å². The molecule has 4 N–H and O–H groups in total. The number of allylic oxidation sites excluding steroid dienone is 30. The Bertz CT molecular complexity index is 2930. The second-order valence-electron chi connectivity index (χ2n) is 31.7. The lowest BCUT2D eigenvalue weighted by Gasteiger charge is -2.21. The van der Waals surface area contributed by atoms with Crippen molar-refractivity contribution in [1.29, 1.82) is 0 Å². The number of carbonyl (C=O) groups is 3. The van der Waals surface area contributed by atoms with Gasteiger partial charge in [0.15, 0.2) is 6.10 Å². The number of esters is 3. The van der Waals surface area contributed by atoms with E-state index in [0.717, 1.165) is 141 Å². The van der Waals surface area contributed by atoms with Crippen LogP contribution in [0.1, 0.15) is 393 Å². The number of hydrogen-bond donors (Lipinski definition) is 4. The zero-order chi connectivity index (χ0) is 87.9. The van der Waals surface area contributed by atoms with Crippen molar-refractivity contribution in [2.24, 2.45) is 0 Å². The molecule has 0 aliphatic heterocycles. The molecule has 0 amide bonds. The van der Waals surface area contributed by atoms with E-state index in [2.05, 4.69) is 191 Å². The van der Waals surface area contributed by atoms with Gasteiger partial charge in [0.05, 0.1) is 26.4 Å². The van der Waals surface area contributed by atoms with E-state index < -0.39 is 91.5 Å². The van der Waals surface area contributed by atoms with Crippen molar-refractivity contribution in [3.63, 3.8) is 0 Å². The highest BCUT2D eigenvalue weighted by Gasteiger charge is 2.29. The van der Waals surface area contributed by atoms with Crippen LogP contribution >= 0.6 is 15.6 Å². The zero-order valence-electron chi connectivity index (χ0n) is 76.4. The molecule has 0 aliphatic carbocycles. The predicted molar refractivity (Wildman–Crippen MR) is 509 cm³/mol. The fraction of sp³-hybridized carbons (Fsp3) is 0.680. The summed E-state index contributed by atoms with van der Waals surface area (Å²) >= 11 is 0. The summed E-state index contributed by atoms with van der Waals surface area (Å²) in [6, 6.07) is 0. The molecule has 0 fully saturated rings. The molecule has 121 heavy (non-hydrogen) atoms. The summed E-state index contributed by atoms with van der Waals surface area (Å²) in [5.74, 6) is -1.63. The standard InChI is InChI=1S/C103H174O16P2/c1-4-7-10-13-16-19-22-25-28-31-33-35-37-39-41-43-45-47-48-50-52-53-55-57-59-61-63-66-68-71-74-77-80-83-86-89-101(106)113-92-98(104)93-115-120(109,110)116-94-99(105)95-117-121(111,112)118-97-100(119-103(108)91-88-85-82-79-76-73-70-65-30-27-24-21-18-15-12-9-6-3)96-114-102(107)90-87-84-81-78-75-72-69-67-64-62-60-58-56-54-51-49-46-44-42-40-38-36-34-32-29-26-23-20-17-14-11-8-5-2/h7-12,16-21,25-30,33-36,39-42,70,73,79,82,98-100,104-105H,4-6,13-15,22-24,31-32,37-38,43-69,71-72,74-78,80-81,83-97H2,1-3H3,(H,109,110)(H,111,112)/b10-7-,11-8-,12-9-,19-16-,20-17-,21-18-,28-25-,29-26-,30-27-,35-33-,36-34-,41-39-,42-40-,73-70-,82-79-. The molecular weight excluding hydrogens is 1560 g/mol. The minimum atomic E-state index is -4.96. The average molecular weight is 1730 g/mol. The molecule has 0 saturated carbocycles. The van der Waals surface area contributed by atoms with Crippen LogP contribution in [0.5, 0.6) is 0 Å². The number of carbonyl (C=O) groups excluding carboxylic acids is 3. The first-order valence-electron chi connectivity index (χ1n) is 48.1. The second-order valence-corrected chi connectivity index (χ2v) is 34.6. The monoisotopic (exact) mass is 1730 g/mol. The molecule has 0 aliphatic rings. The van der Waals surface area contributed by atoms with Crippen LogP contribution in [0, 0.1) is 0 Å². The van der Waals surface area contributed by atoms with Gasteiger partial charge in [-0.2, -0.15) is 0 Å². The van der Waals surface area contributed by atoms with E-state index in [1.807, 2.05) is 12.2 Å². The van der Waals surface area contributed by atoms with Crippen molar-refractivity contribution >= 4 is 33.6 Å². The van der Waals surface area contributed by atoms with Crippen LogP contribution in [-0.4, -0.2) is 95.9 Å². The number of phosphoric acid groups is 2. The first-order chi connectivity index (χ1) is 59.2. The Morgan fingerprint density at radius 3 is 0.678 bits per heavy atom. The second kappa shape index (κ2) is 93.8. The molecule has 16 nitrogen and oxygen atoms in total. The van der Waals surface area contributed by atoms with Gasteiger partial charge in [-0.25, -0.2) is 9.13 Å². The van der Waals surface area contributed by atoms with Crippen LogP contribution in [0.3, 0.4) is 0 Å². The molecule has 0 aromatic rings. The van der Waals surface area contributed by atoms with E-state index in [-0.39, 0.29) is 19.3 Å². The third-order valence-corrected chi connectivity index (χ3v) is 22.0. The van der Waals surface area contributed by atoms with Crippen molar-refractivity contribution in [3.8, 4) is 0 Å². The van der Waals surface area contributed by atoms with Crippen molar-refractivity contribution in [2.45, 2.75) is 411 Å². The first kappa shape index (κ1) is 116. The Morgan fingerprint density at radius 2 is 0.421 bits per heavy atom. The Kier molecular flexibility index (Phi) is 89.6. The largest absolute Gasteiger partial charge is 0.472 e. The molecule has 0 bridgehead atoms. The number of hydrogen-bond acceptors (Lipinski definition) is 14. The Balaban J connectivity index is 4.47.